The first kappa shape index (κ1) is 8.75. The standard InChI is InChI=1S/C7H15NS2/c1-6(8)4-7-5-9-2-3-10-7/h6-7H,2-5,8H2,1H3. The highest BCUT2D eigenvalue weighted by molar-refractivity contribution is 8.06. The van der Waals surface area contributed by atoms with E-state index in [1.807, 2.05) is 0 Å². The second kappa shape index (κ2) is 4.52. The molecule has 10 heavy (non-hydrogen) atoms. The molecule has 0 amide bonds. The van der Waals surface area contributed by atoms with Gasteiger partial charge in [0.25, 0.3) is 0 Å². The minimum Gasteiger partial charge on any atom is -0.328 e. The average molecular weight is 177 g/mol. The topological polar surface area (TPSA) is 26.0 Å². The summed E-state index contributed by atoms with van der Waals surface area (Å²) in [6.45, 7) is 2.10. The molecule has 0 aromatic carbocycles. The minimum atomic E-state index is 0.385. The van der Waals surface area contributed by atoms with Gasteiger partial charge in [0.2, 0.25) is 0 Å². The predicted molar refractivity (Wildman–Crippen MR) is 51.8 cm³/mol. The van der Waals surface area contributed by atoms with Crippen molar-refractivity contribution in [1.29, 1.82) is 0 Å². The Bertz CT molecular complexity index is 89.6. The fraction of sp³-hybridized carbons (Fsp3) is 1.00. The van der Waals surface area contributed by atoms with E-state index in [9.17, 15) is 0 Å². The van der Waals surface area contributed by atoms with Crippen molar-refractivity contribution in [1.82, 2.24) is 0 Å². The molecule has 1 aliphatic heterocycles. The van der Waals surface area contributed by atoms with Crippen molar-refractivity contribution in [2.24, 2.45) is 5.73 Å². The number of hydrogen-bond donors (Lipinski definition) is 1. The van der Waals surface area contributed by atoms with Crippen LogP contribution in [-0.4, -0.2) is 28.6 Å². The van der Waals surface area contributed by atoms with E-state index >= 15 is 0 Å². The molecule has 0 spiro atoms. The van der Waals surface area contributed by atoms with E-state index in [0.717, 1.165) is 5.25 Å². The Morgan fingerprint density at radius 3 is 2.90 bits per heavy atom. The Labute approximate surface area is 71.5 Å². The van der Waals surface area contributed by atoms with Crippen LogP contribution in [0.1, 0.15) is 13.3 Å². The van der Waals surface area contributed by atoms with Gasteiger partial charge >= 0.3 is 0 Å². The molecular formula is C7H15NS2. The molecule has 1 heterocycles. The number of thioether (sulfide) groups is 2. The van der Waals surface area contributed by atoms with Crippen LogP contribution in [0.4, 0.5) is 0 Å². The summed E-state index contributed by atoms with van der Waals surface area (Å²) in [6.07, 6.45) is 1.19. The maximum Gasteiger partial charge on any atom is 0.0153 e. The smallest absolute Gasteiger partial charge is 0.0153 e. The third-order valence-corrected chi connectivity index (χ3v) is 4.39. The molecule has 1 fully saturated rings. The van der Waals surface area contributed by atoms with Crippen molar-refractivity contribution < 1.29 is 0 Å². The van der Waals surface area contributed by atoms with E-state index in [1.54, 1.807) is 0 Å². The lowest BCUT2D eigenvalue weighted by molar-refractivity contribution is 0.665. The van der Waals surface area contributed by atoms with Crippen molar-refractivity contribution in [3.8, 4) is 0 Å². The van der Waals surface area contributed by atoms with E-state index in [4.69, 9.17) is 5.73 Å². The lowest BCUT2D eigenvalue weighted by Crippen LogP contribution is -2.24. The van der Waals surface area contributed by atoms with Gasteiger partial charge in [-0.25, -0.2) is 0 Å². The summed E-state index contributed by atoms with van der Waals surface area (Å²) in [4.78, 5) is 0. The van der Waals surface area contributed by atoms with Gasteiger partial charge in [-0.2, -0.15) is 23.5 Å². The van der Waals surface area contributed by atoms with Crippen LogP contribution in [0.5, 0.6) is 0 Å². The van der Waals surface area contributed by atoms with Gasteiger partial charge < -0.3 is 5.73 Å². The van der Waals surface area contributed by atoms with Gasteiger partial charge in [-0.05, 0) is 13.3 Å². The van der Waals surface area contributed by atoms with Crippen LogP contribution in [0.25, 0.3) is 0 Å². The van der Waals surface area contributed by atoms with Crippen molar-refractivity contribution >= 4 is 23.5 Å². The Hall–Kier alpha value is 0.660. The molecule has 3 heteroatoms. The lowest BCUT2D eigenvalue weighted by Gasteiger charge is -2.22. The van der Waals surface area contributed by atoms with E-state index in [0.29, 0.717) is 6.04 Å². The van der Waals surface area contributed by atoms with Crippen molar-refractivity contribution in [2.75, 3.05) is 17.3 Å². The first-order chi connectivity index (χ1) is 4.79. The van der Waals surface area contributed by atoms with Crippen molar-refractivity contribution in [2.45, 2.75) is 24.6 Å². The van der Waals surface area contributed by atoms with Crippen LogP contribution in [0, 0.1) is 0 Å². The van der Waals surface area contributed by atoms with Gasteiger partial charge in [0, 0.05) is 28.6 Å². The molecule has 1 rings (SSSR count). The van der Waals surface area contributed by atoms with Gasteiger partial charge in [-0.1, -0.05) is 0 Å². The van der Waals surface area contributed by atoms with Gasteiger partial charge in [0.1, 0.15) is 0 Å². The highest BCUT2D eigenvalue weighted by Gasteiger charge is 2.14. The number of nitrogens with two attached hydrogens (primary N) is 1. The van der Waals surface area contributed by atoms with E-state index in [2.05, 4.69) is 30.4 Å². The Balaban J connectivity index is 2.13. The van der Waals surface area contributed by atoms with E-state index < -0.39 is 0 Å². The molecule has 1 saturated heterocycles. The van der Waals surface area contributed by atoms with Gasteiger partial charge in [0.15, 0.2) is 0 Å². The minimum absolute atomic E-state index is 0.385. The molecule has 1 nitrogen and oxygen atoms in total. The van der Waals surface area contributed by atoms with Gasteiger partial charge in [-0.15, -0.1) is 0 Å². The van der Waals surface area contributed by atoms with Crippen LogP contribution in [0.3, 0.4) is 0 Å². The molecule has 2 atom stereocenters. The van der Waals surface area contributed by atoms with E-state index in [1.165, 1.54) is 23.7 Å². The second-order valence-corrected chi connectivity index (χ2v) is 5.34. The molecular weight excluding hydrogens is 162 g/mol. The molecule has 0 aromatic rings. The second-order valence-electron chi connectivity index (χ2n) is 2.78. The van der Waals surface area contributed by atoms with Crippen LogP contribution >= 0.6 is 23.5 Å². The summed E-state index contributed by atoms with van der Waals surface area (Å²) in [6, 6.07) is 0.385. The lowest BCUT2D eigenvalue weighted by atomic mass is 10.2. The van der Waals surface area contributed by atoms with E-state index in [-0.39, 0.29) is 0 Å². The summed E-state index contributed by atoms with van der Waals surface area (Å²) < 4.78 is 0. The first-order valence-corrected chi connectivity index (χ1v) is 5.94. The van der Waals surface area contributed by atoms with Crippen LogP contribution in [-0.2, 0) is 0 Å². The fourth-order valence-electron chi connectivity index (χ4n) is 1.09. The Morgan fingerprint density at radius 1 is 1.60 bits per heavy atom. The monoisotopic (exact) mass is 177 g/mol. The van der Waals surface area contributed by atoms with Crippen LogP contribution in [0.15, 0.2) is 0 Å². The maximum absolute atomic E-state index is 5.70. The summed E-state index contributed by atoms with van der Waals surface area (Å²) in [7, 11) is 0. The molecule has 60 valence electrons. The predicted octanol–water partition coefficient (Wildman–Crippen LogP) is 1.57. The molecule has 0 aliphatic carbocycles. The number of hydrogen-bond acceptors (Lipinski definition) is 3. The molecule has 2 unspecified atom stereocenters. The maximum atomic E-state index is 5.70. The fourth-order valence-corrected chi connectivity index (χ4v) is 3.96. The molecule has 2 N–H and O–H groups in total. The molecule has 0 aromatic heterocycles. The van der Waals surface area contributed by atoms with Gasteiger partial charge in [-0.3, -0.25) is 0 Å². The van der Waals surface area contributed by atoms with Crippen LogP contribution < -0.4 is 5.73 Å². The molecule has 0 bridgehead atoms. The van der Waals surface area contributed by atoms with Crippen molar-refractivity contribution in [3.63, 3.8) is 0 Å². The average Bonchev–Trinajstić information content (AvgIpc) is 1.88. The largest absolute Gasteiger partial charge is 0.328 e. The van der Waals surface area contributed by atoms with Gasteiger partial charge in [0.05, 0.1) is 0 Å². The molecule has 1 aliphatic rings. The van der Waals surface area contributed by atoms with Crippen molar-refractivity contribution in [3.05, 3.63) is 0 Å². The normalized spacial score (nSPS) is 30.0. The summed E-state index contributed by atoms with van der Waals surface area (Å²) in [5.41, 5.74) is 5.70. The zero-order valence-electron chi connectivity index (χ0n) is 6.38. The summed E-state index contributed by atoms with van der Waals surface area (Å²) in [5, 5.41) is 0.832. The quantitative estimate of drug-likeness (QED) is 0.693. The Morgan fingerprint density at radius 2 is 2.40 bits per heavy atom. The third kappa shape index (κ3) is 3.17. The summed E-state index contributed by atoms with van der Waals surface area (Å²) in [5.74, 6) is 3.97. The first-order valence-electron chi connectivity index (χ1n) is 3.74. The molecule has 0 saturated carbocycles. The highest BCUT2D eigenvalue weighted by Crippen LogP contribution is 2.26. The zero-order chi connectivity index (χ0) is 7.40. The zero-order valence-corrected chi connectivity index (χ0v) is 8.01. The SMILES string of the molecule is CC(N)CC1CSCCS1. The number of rotatable bonds is 2. The highest BCUT2D eigenvalue weighted by atomic mass is 32.2. The van der Waals surface area contributed by atoms with Crippen LogP contribution in [0.2, 0.25) is 0 Å². The summed E-state index contributed by atoms with van der Waals surface area (Å²) >= 11 is 4.16. The third-order valence-electron chi connectivity index (χ3n) is 1.52. The Kier molecular flexibility index (Phi) is 3.96. The molecule has 0 radical (unpaired) electrons.